The molecule has 6 nitrogen and oxygen atoms in total. The highest BCUT2D eigenvalue weighted by Crippen LogP contribution is 2.37. The van der Waals surface area contributed by atoms with E-state index in [4.69, 9.17) is 11.6 Å². The average Bonchev–Trinajstić information content (AvgIpc) is 2.68. The maximum absolute atomic E-state index is 15.4. The summed E-state index contributed by atoms with van der Waals surface area (Å²) in [6, 6.07) is 7.84. The molecule has 0 spiro atoms. The molecule has 0 saturated carbocycles. The van der Waals surface area contributed by atoms with Crippen molar-refractivity contribution in [3.8, 4) is 0 Å². The summed E-state index contributed by atoms with van der Waals surface area (Å²) in [5.41, 5.74) is 0.550. The molecule has 3 rings (SSSR count). The van der Waals surface area contributed by atoms with Gasteiger partial charge in [0.25, 0.3) is 0 Å². The van der Waals surface area contributed by atoms with Gasteiger partial charge in [-0.2, -0.15) is 10.2 Å². The number of amides is 2. The van der Waals surface area contributed by atoms with Gasteiger partial charge in [0.1, 0.15) is 0 Å². The first-order valence-corrected chi connectivity index (χ1v) is 10.1. The number of carbonyl (C=O) groups is 1. The molecule has 1 fully saturated rings. The molecule has 2 unspecified atom stereocenters. The van der Waals surface area contributed by atoms with Crippen molar-refractivity contribution in [2.24, 2.45) is 5.92 Å². The summed E-state index contributed by atoms with van der Waals surface area (Å²) < 4.78 is 28.1. The average molecular weight is 411 g/mol. The summed E-state index contributed by atoms with van der Waals surface area (Å²) in [5, 5.41) is 8.62. The third-order valence-corrected chi connectivity index (χ3v) is 6.70. The van der Waals surface area contributed by atoms with Gasteiger partial charge in [-0.3, -0.25) is 4.21 Å². The summed E-state index contributed by atoms with van der Waals surface area (Å²) in [6.45, 7) is 2.15. The number of alkyl halides is 1. The van der Waals surface area contributed by atoms with E-state index in [0.29, 0.717) is 41.5 Å². The molecule has 2 heterocycles. The van der Waals surface area contributed by atoms with Crippen molar-refractivity contribution < 1.29 is 13.4 Å². The molecule has 9 heteroatoms. The number of benzene rings is 1. The van der Waals surface area contributed by atoms with Gasteiger partial charge in [0.15, 0.2) is 5.00 Å². The van der Waals surface area contributed by atoms with Crippen LogP contribution in [0.25, 0.3) is 0 Å². The third-order valence-electron chi connectivity index (χ3n) is 4.72. The van der Waals surface area contributed by atoms with Gasteiger partial charge in [-0.15, -0.1) is 0 Å². The molecular weight excluding hydrogens is 391 g/mol. The van der Waals surface area contributed by atoms with Crippen LogP contribution < -0.4 is 5.32 Å². The minimum absolute atomic E-state index is 0.266. The predicted octanol–water partition coefficient (Wildman–Crippen LogP) is 3.87. The van der Waals surface area contributed by atoms with Crippen LogP contribution in [-0.4, -0.2) is 43.4 Å². The molecule has 0 aliphatic carbocycles. The fraction of sp³-hybridized carbons (Fsp3) is 0.389. The minimum atomic E-state index is -1.90. The molecule has 2 amide bonds. The number of rotatable bonds is 4. The fourth-order valence-corrected chi connectivity index (χ4v) is 4.82. The van der Waals surface area contributed by atoms with E-state index in [9.17, 15) is 9.00 Å². The lowest BCUT2D eigenvalue weighted by Gasteiger charge is -2.37. The Hall–Kier alpha value is -2.06. The summed E-state index contributed by atoms with van der Waals surface area (Å²) in [7, 11) is -1.84. The van der Waals surface area contributed by atoms with Crippen LogP contribution in [0, 0.1) is 5.92 Å². The molecule has 1 N–H and O–H groups in total. The van der Waals surface area contributed by atoms with Crippen molar-refractivity contribution in [1.29, 1.82) is 0 Å². The zero-order chi connectivity index (χ0) is 19.4. The lowest BCUT2D eigenvalue weighted by atomic mass is 9.92. The van der Waals surface area contributed by atoms with E-state index in [1.54, 1.807) is 29.2 Å². The van der Waals surface area contributed by atoms with E-state index in [1.165, 1.54) is 25.4 Å². The largest absolute Gasteiger partial charge is 0.325 e. The van der Waals surface area contributed by atoms with Crippen LogP contribution in [0.4, 0.5) is 14.9 Å². The van der Waals surface area contributed by atoms with Crippen LogP contribution >= 0.6 is 11.6 Å². The van der Waals surface area contributed by atoms with Gasteiger partial charge in [-0.25, -0.2) is 9.18 Å². The van der Waals surface area contributed by atoms with E-state index in [1.807, 2.05) is 0 Å². The van der Waals surface area contributed by atoms with Gasteiger partial charge in [0, 0.05) is 28.9 Å². The number of urea groups is 1. The van der Waals surface area contributed by atoms with Gasteiger partial charge in [0.05, 0.1) is 28.9 Å². The second-order valence-electron chi connectivity index (χ2n) is 6.53. The molecule has 1 aromatic carbocycles. The standard InChI is InChI=1S/C18H20ClFN4O2S/c1-18(20,27(26)16-4-2-3-14(19)11-16)13-6-9-24(10-7-13)17(25)23-15-5-8-21-22-12-15/h2-5,8,11-13H,6-7,9-10H2,1H3,(H,21,23,25). The van der Waals surface area contributed by atoms with E-state index in [-0.39, 0.29) is 6.03 Å². The van der Waals surface area contributed by atoms with E-state index >= 15 is 4.39 Å². The second kappa shape index (κ2) is 8.31. The number of nitrogens with one attached hydrogen (secondary N) is 1. The smallest absolute Gasteiger partial charge is 0.321 e. The van der Waals surface area contributed by atoms with Crippen molar-refractivity contribution in [2.75, 3.05) is 18.4 Å². The zero-order valence-corrected chi connectivity index (χ0v) is 16.3. The Bertz CT molecular complexity index is 829. The first-order valence-electron chi connectivity index (χ1n) is 8.57. The summed E-state index contributed by atoms with van der Waals surface area (Å²) in [5.74, 6) is -0.413. The molecule has 2 aromatic rings. The number of piperidine rings is 1. The number of hydrogen-bond donors (Lipinski definition) is 1. The second-order valence-corrected chi connectivity index (χ2v) is 8.78. The SMILES string of the molecule is CC(F)(C1CCN(C(=O)Nc2ccnnc2)CC1)S(=O)c1cccc(Cl)c1. The van der Waals surface area contributed by atoms with Crippen LogP contribution in [0.1, 0.15) is 19.8 Å². The summed E-state index contributed by atoms with van der Waals surface area (Å²) in [4.78, 5) is 14.3. The molecule has 1 aliphatic heterocycles. The number of likely N-dealkylation sites (tertiary alicyclic amines) is 1. The molecule has 1 saturated heterocycles. The molecule has 27 heavy (non-hydrogen) atoms. The fourth-order valence-electron chi connectivity index (χ4n) is 3.13. The zero-order valence-electron chi connectivity index (χ0n) is 14.8. The van der Waals surface area contributed by atoms with Gasteiger partial charge >= 0.3 is 6.03 Å². The molecule has 0 radical (unpaired) electrons. The Morgan fingerprint density at radius 3 is 2.70 bits per heavy atom. The van der Waals surface area contributed by atoms with E-state index in [0.717, 1.165) is 0 Å². The van der Waals surface area contributed by atoms with Crippen LogP contribution in [-0.2, 0) is 10.8 Å². The maximum atomic E-state index is 15.4. The first-order chi connectivity index (χ1) is 12.9. The molecule has 1 aliphatic rings. The van der Waals surface area contributed by atoms with Gasteiger partial charge in [-0.1, -0.05) is 17.7 Å². The number of carbonyl (C=O) groups excluding carboxylic acids is 1. The summed E-state index contributed by atoms with van der Waals surface area (Å²) in [6.07, 6.45) is 3.81. The number of halogens is 2. The Balaban J connectivity index is 1.60. The Labute approximate surface area is 164 Å². The van der Waals surface area contributed by atoms with E-state index < -0.39 is 21.7 Å². The minimum Gasteiger partial charge on any atom is -0.325 e. The summed E-state index contributed by atoms with van der Waals surface area (Å²) >= 11 is 5.93. The Morgan fingerprint density at radius 2 is 2.07 bits per heavy atom. The molecule has 0 bridgehead atoms. The predicted molar refractivity (Wildman–Crippen MR) is 103 cm³/mol. The monoisotopic (exact) mass is 410 g/mol. The molecule has 2 atom stereocenters. The highest BCUT2D eigenvalue weighted by atomic mass is 35.5. The number of hydrogen-bond acceptors (Lipinski definition) is 4. The maximum Gasteiger partial charge on any atom is 0.321 e. The van der Waals surface area contributed by atoms with Crippen LogP contribution in [0.3, 0.4) is 0 Å². The van der Waals surface area contributed by atoms with Crippen molar-refractivity contribution in [3.63, 3.8) is 0 Å². The first kappa shape index (κ1) is 19.7. The lowest BCUT2D eigenvalue weighted by molar-refractivity contribution is 0.121. The van der Waals surface area contributed by atoms with Crippen LogP contribution in [0.2, 0.25) is 5.02 Å². The van der Waals surface area contributed by atoms with Crippen LogP contribution in [0.15, 0.2) is 47.6 Å². The number of aromatic nitrogens is 2. The normalized spacial score (nSPS) is 18.6. The number of nitrogens with zero attached hydrogens (tertiary/aromatic N) is 3. The Morgan fingerprint density at radius 1 is 1.33 bits per heavy atom. The lowest BCUT2D eigenvalue weighted by Crippen LogP contribution is -2.46. The van der Waals surface area contributed by atoms with Crippen LogP contribution in [0.5, 0.6) is 0 Å². The third kappa shape index (κ3) is 4.62. The highest BCUT2D eigenvalue weighted by Gasteiger charge is 2.43. The molecular formula is C18H20ClFN4O2S. The molecule has 144 valence electrons. The van der Waals surface area contributed by atoms with Crippen molar-refractivity contribution in [3.05, 3.63) is 47.7 Å². The van der Waals surface area contributed by atoms with Gasteiger partial charge in [0.2, 0.25) is 0 Å². The van der Waals surface area contributed by atoms with Crippen molar-refractivity contribution in [2.45, 2.75) is 29.7 Å². The molecule has 1 aromatic heterocycles. The van der Waals surface area contributed by atoms with Crippen molar-refractivity contribution >= 4 is 34.1 Å². The topological polar surface area (TPSA) is 75.2 Å². The van der Waals surface area contributed by atoms with Gasteiger partial charge in [-0.05, 0) is 44.0 Å². The quantitative estimate of drug-likeness (QED) is 0.830. The highest BCUT2D eigenvalue weighted by molar-refractivity contribution is 7.86. The van der Waals surface area contributed by atoms with Gasteiger partial charge < -0.3 is 10.2 Å². The Kier molecular flexibility index (Phi) is 6.06. The number of anilines is 1. The van der Waals surface area contributed by atoms with E-state index in [2.05, 4.69) is 15.5 Å². The van der Waals surface area contributed by atoms with Crippen molar-refractivity contribution in [1.82, 2.24) is 15.1 Å².